The Morgan fingerprint density at radius 2 is 2.10 bits per heavy atom. The molecule has 1 unspecified atom stereocenters. The highest BCUT2D eigenvalue weighted by atomic mass is 32.2. The molecular weight excluding hydrogens is 310 g/mol. The standard InChI is InChI=1S/C14H21NO4S2/c1-10(2)11-4-3-7-15(8-5-11)21(18,19)12-6-9-20-13(12)14(16)17/h6,9-11H,3-5,7-8H2,1-2H3,(H,16,17). The van der Waals surface area contributed by atoms with Gasteiger partial charge in [0, 0.05) is 13.1 Å². The van der Waals surface area contributed by atoms with E-state index < -0.39 is 16.0 Å². The van der Waals surface area contributed by atoms with E-state index in [4.69, 9.17) is 5.11 Å². The Hall–Kier alpha value is -0.920. The van der Waals surface area contributed by atoms with E-state index in [0.29, 0.717) is 24.9 Å². The molecule has 1 atom stereocenters. The second kappa shape index (κ2) is 6.46. The van der Waals surface area contributed by atoms with Gasteiger partial charge in [0.25, 0.3) is 0 Å². The summed E-state index contributed by atoms with van der Waals surface area (Å²) in [5.74, 6) is -0.103. The van der Waals surface area contributed by atoms with E-state index in [1.807, 2.05) is 0 Å². The Balaban J connectivity index is 2.24. The molecule has 0 saturated carbocycles. The lowest BCUT2D eigenvalue weighted by Gasteiger charge is -2.21. The minimum absolute atomic E-state index is 0.0667. The van der Waals surface area contributed by atoms with Crippen LogP contribution in [-0.2, 0) is 10.0 Å². The van der Waals surface area contributed by atoms with Crippen LogP contribution in [0.3, 0.4) is 0 Å². The van der Waals surface area contributed by atoms with E-state index in [1.54, 1.807) is 0 Å². The van der Waals surface area contributed by atoms with Crippen molar-refractivity contribution in [1.82, 2.24) is 4.31 Å². The van der Waals surface area contributed by atoms with Gasteiger partial charge >= 0.3 is 5.97 Å². The summed E-state index contributed by atoms with van der Waals surface area (Å²) >= 11 is 0.954. The molecule has 0 bridgehead atoms. The highest BCUT2D eigenvalue weighted by Crippen LogP contribution is 2.30. The molecule has 21 heavy (non-hydrogen) atoms. The zero-order chi connectivity index (χ0) is 15.6. The summed E-state index contributed by atoms with van der Waals surface area (Å²) in [5, 5.41) is 10.6. The van der Waals surface area contributed by atoms with Crippen molar-refractivity contribution in [2.24, 2.45) is 11.8 Å². The number of rotatable bonds is 4. The first-order valence-electron chi connectivity index (χ1n) is 7.15. The van der Waals surface area contributed by atoms with Gasteiger partial charge < -0.3 is 5.11 Å². The molecule has 1 N–H and O–H groups in total. The van der Waals surface area contributed by atoms with Gasteiger partial charge in [-0.15, -0.1) is 11.3 Å². The third-order valence-corrected chi connectivity index (χ3v) is 7.09. The Kier molecular flexibility index (Phi) is 5.06. The fourth-order valence-electron chi connectivity index (χ4n) is 2.80. The molecule has 1 aromatic rings. The van der Waals surface area contributed by atoms with Gasteiger partial charge in [0.1, 0.15) is 9.77 Å². The van der Waals surface area contributed by atoms with Crippen LogP contribution in [0.5, 0.6) is 0 Å². The molecule has 1 fully saturated rings. The number of hydrogen-bond donors (Lipinski definition) is 1. The van der Waals surface area contributed by atoms with Crippen LogP contribution in [0.4, 0.5) is 0 Å². The fraction of sp³-hybridized carbons (Fsp3) is 0.643. The SMILES string of the molecule is CC(C)C1CCCN(S(=O)(=O)c2ccsc2C(=O)O)CC1. The zero-order valence-corrected chi connectivity index (χ0v) is 13.9. The molecule has 0 amide bonds. The third kappa shape index (κ3) is 3.46. The van der Waals surface area contributed by atoms with E-state index in [0.717, 1.165) is 30.6 Å². The minimum Gasteiger partial charge on any atom is -0.477 e. The summed E-state index contributed by atoms with van der Waals surface area (Å²) in [7, 11) is -3.70. The first-order chi connectivity index (χ1) is 9.84. The quantitative estimate of drug-likeness (QED) is 0.920. The topological polar surface area (TPSA) is 74.7 Å². The number of thiophene rings is 1. The average molecular weight is 331 g/mol. The molecule has 2 rings (SSSR count). The van der Waals surface area contributed by atoms with E-state index in [9.17, 15) is 13.2 Å². The average Bonchev–Trinajstić information content (AvgIpc) is 2.76. The molecular formula is C14H21NO4S2. The summed E-state index contributed by atoms with van der Waals surface area (Å²) < 4.78 is 26.8. The molecule has 0 aromatic carbocycles. The minimum atomic E-state index is -3.70. The number of carbonyl (C=O) groups is 1. The van der Waals surface area contributed by atoms with Gasteiger partial charge in [-0.3, -0.25) is 0 Å². The highest BCUT2D eigenvalue weighted by molar-refractivity contribution is 7.89. The summed E-state index contributed by atoms with van der Waals surface area (Å²) in [6.45, 7) is 5.27. The molecule has 0 radical (unpaired) electrons. The van der Waals surface area contributed by atoms with Gasteiger partial charge in [0.05, 0.1) is 0 Å². The molecule has 0 aliphatic carbocycles. The van der Waals surface area contributed by atoms with Crippen LogP contribution in [0.25, 0.3) is 0 Å². The van der Waals surface area contributed by atoms with Crippen molar-refractivity contribution in [1.29, 1.82) is 0 Å². The van der Waals surface area contributed by atoms with Crippen LogP contribution in [0.2, 0.25) is 0 Å². The van der Waals surface area contributed by atoms with Gasteiger partial charge in [-0.2, -0.15) is 4.31 Å². The van der Waals surface area contributed by atoms with Crippen molar-refractivity contribution >= 4 is 27.3 Å². The second-order valence-electron chi connectivity index (χ2n) is 5.76. The summed E-state index contributed by atoms with van der Waals surface area (Å²) in [6.07, 6.45) is 2.69. The molecule has 7 heteroatoms. The van der Waals surface area contributed by atoms with Crippen molar-refractivity contribution in [2.45, 2.75) is 38.0 Å². The molecule has 1 aliphatic rings. The van der Waals surface area contributed by atoms with E-state index in [-0.39, 0.29) is 9.77 Å². The molecule has 118 valence electrons. The van der Waals surface area contributed by atoms with Gasteiger partial charge in [-0.1, -0.05) is 13.8 Å². The number of carboxylic acids is 1. The molecule has 2 heterocycles. The first kappa shape index (κ1) is 16.5. The van der Waals surface area contributed by atoms with Crippen LogP contribution < -0.4 is 0 Å². The maximum Gasteiger partial charge on any atom is 0.347 e. The molecule has 1 saturated heterocycles. The summed E-state index contributed by atoms with van der Waals surface area (Å²) in [4.78, 5) is 11.0. The predicted octanol–water partition coefficient (Wildman–Crippen LogP) is 2.89. The summed E-state index contributed by atoms with van der Waals surface area (Å²) in [6, 6.07) is 1.40. The van der Waals surface area contributed by atoms with Gasteiger partial charge in [-0.05, 0) is 42.5 Å². The zero-order valence-electron chi connectivity index (χ0n) is 12.3. The molecule has 5 nitrogen and oxygen atoms in total. The maximum absolute atomic E-state index is 12.7. The normalized spacial score (nSPS) is 21.4. The summed E-state index contributed by atoms with van der Waals surface area (Å²) in [5.41, 5.74) is 0. The van der Waals surface area contributed by atoms with Crippen molar-refractivity contribution in [2.75, 3.05) is 13.1 Å². The van der Waals surface area contributed by atoms with Crippen molar-refractivity contribution < 1.29 is 18.3 Å². The number of hydrogen-bond acceptors (Lipinski definition) is 4. The fourth-order valence-corrected chi connectivity index (χ4v) is 5.53. The Labute approximate surface area is 129 Å². The number of nitrogens with zero attached hydrogens (tertiary/aromatic N) is 1. The largest absolute Gasteiger partial charge is 0.477 e. The first-order valence-corrected chi connectivity index (χ1v) is 9.47. The van der Waals surface area contributed by atoms with Crippen LogP contribution >= 0.6 is 11.3 Å². The predicted molar refractivity (Wildman–Crippen MR) is 82.2 cm³/mol. The lowest BCUT2D eigenvalue weighted by molar-refractivity contribution is 0.0698. The smallest absolute Gasteiger partial charge is 0.347 e. The Morgan fingerprint density at radius 1 is 1.38 bits per heavy atom. The molecule has 0 spiro atoms. The third-order valence-electron chi connectivity index (χ3n) is 4.12. The van der Waals surface area contributed by atoms with Crippen LogP contribution in [0, 0.1) is 11.8 Å². The van der Waals surface area contributed by atoms with Gasteiger partial charge in [0.15, 0.2) is 0 Å². The Morgan fingerprint density at radius 3 is 2.71 bits per heavy atom. The molecule has 1 aromatic heterocycles. The monoisotopic (exact) mass is 331 g/mol. The van der Waals surface area contributed by atoms with Crippen molar-refractivity contribution in [3.63, 3.8) is 0 Å². The highest BCUT2D eigenvalue weighted by Gasteiger charge is 2.32. The lowest BCUT2D eigenvalue weighted by Crippen LogP contribution is -2.32. The van der Waals surface area contributed by atoms with E-state index in [2.05, 4.69) is 13.8 Å². The van der Waals surface area contributed by atoms with Gasteiger partial charge in [0.2, 0.25) is 10.0 Å². The van der Waals surface area contributed by atoms with E-state index in [1.165, 1.54) is 15.8 Å². The number of carboxylic acid groups (broad SMARTS) is 1. The number of sulfonamides is 1. The second-order valence-corrected chi connectivity index (χ2v) is 8.58. The molecule has 1 aliphatic heterocycles. The Bertz CT molecular complexity index is 606. The number of aromatic carboxylic acids is 1. The van der Waals surface area contributed by atoms with Crippen molar-refractivity contribution in [3.05, 3.63) is 16.3 Å². The maximum atomic E-state index is 12.7. The van der Waals surface area contributed by atoms with E-state index >= 15 is 0 Å². The van der Waals surface area contributed by atoms with Crippen LogP contribution in [0.15, 0.2) is 16.3 Å². The lowest BCUT2D eigenvalue weighted by atomic mass is 9.89. The van der Waals surface area contributed by atoms with Crippen LogP contribution in [0.1, 0.15) is 42.8 Å². The van der Waals surface area contributed by atoms with Gasteiger partial charge in [-0.25, -0.2) is 13.2 Å². The van der Waals surface area contributed by atoms with Crippen molar-refractivity contribution in [3.8, 4) is 0 Å². The van der Waals surface area contributed by atoms with Crippen LogP contribution in [-0.4, -0.2) is 36.9 Å².